The standard InChI is InChI=1S/C15H20N4O2S/c1-18(11-15(20)19-6-4-16-5-7-19)10-12-9-13(21-17-12)14-3-2-8-22-14/h2-3,8-9,16H,4-7,10-11H2,1H3. The van der Waals surface area contributed by atoms with Crippen LogP contribution in [0.2, 0.25) is 0 Å². The van der Waals surface area contributed by atoms with E-state index < -0.39 is 0 Å². The minimum atomic E-state index is 0.172. The zero-order valence-corrected chi connectivity index (χ0v) is 13.4. The molecule has 1 aliphatic rings. The van der Waals surface area contributed by atoms with Gasteiger partial charge in [-0.2, -0.15) is 0 Å². The Balaban J connectivity index is 1.53. The van der Waals surface area contributed by atoms with Crippen LogP contribution in [0.25, 0.3) is 10.6 Å². The van der Waals surface area contributed by atoms with Crippen molar-refractivity contribution in [1.82, 2.24) is 20.3 Å². The summed E-state index contributed by atoms with van der Waals surface area (Å²) in [5.41, 5.74) is 0.846. The molecule has 1 amide bonds. The molecular weight excluding hydrogens is 300 g/mol. The Morgan fingerprint density at radius 1 is 1.50 bits per heavy atom. The van der Waals surface area contributed by atoms with E-state index in [9.17, 15) is 4.79 Å². The van der Waals surface area contributed by atoms with Gasteiger partial charge in [-0.1, -0.05) is 11.2 Å². The molecule has 0 bridgehead atoms. The molecule has 6 nitrogen and oxygen atoms in total. The summed E-state index contributed by atoms with van der Waals surface area (Å²) in [5, 5.41) is 9.35. The maximum atomic E-state index is 12.2. The quantitative estimate of drug-likeness (QED) is 0.899. The van der Waals surface area contributed by atoms with Gasteiger partial charge < -0.3 is 14.7 Å². The SMILES string of the molecule is CN(CC(=O)N1CCNCC1)Cc1cc(-c2cccs2)on1. The topological polar surface area (TPSA) is 61.6 Å². The van der Waals surface area contributed by atoms with Crippen molar-refractivity contribution in [1.29, 1.82) is 0 Å². The van der Waals surface area contributed by atoms with Crippen molar-refractivity contribution in [2.75, 3.05) is 39.8 Å². The molecule has 0 unspecified atom stereocenters. The van der Waals surface area contributed by atoms with E-state index in [0.717, 1.165) is 42.5 Å². The summed E-state index contributed by atoms with van der Waals surface area (Å²) < 4.78 is 5.36. The van der Waals surface area contributed by atoms with E-state index in [1.807, 2.05) is 40.4 Å². The van der Waals surface area contributed by atoms with Crippen molar-refractivity contribution < 1.29 is 9.32 Å². The molecule has 0 aliphatic carbocycles. The highest BCUT2D eigenvalue weighted by molar-refractivity contribution is 7.13. The Hall–Kier alpha value is -1.70. The molecule has 0 radical (unpaired) electrons. The van der Waals surface area contributed by atoms with Crippen LogP contribution < -0.4 is 5.32 Å². The van der Waals surface area contributed by atoms with Crippen LogP contribution in [0.4, 0.5) is 0 Å². The van der Waals surface area contributed by atoms with Gasteiger partial charge >= 0.3 is 0 Å². The molecule has 2 aromatic rings. The number of thiophene rings is 1. The number of nitrogens with zero attached hydrogens (tertiary/aromatic N) is 3. The summed E-state index contributed by atoms with van der Waals surface area (Å²) in [7, 11) is 1.93. The molecular formula is C15H20N4O2S. The molecule has 1 saturated heterocycles. The first-order chi connectivity index (χ1) is 10.7. The number of hydrogen-bond donors (Lipinski definition) is 1. The predicted molar refractivity (Wildman–Crippen MR) is 85.6 cm³/mol. The average molecular weight is 320 g/mol. The normalized spacial score (nSPS) is 15.5. The second-order valence-electron chi connectivity index (χ2n) is 5.46. The molecule has 7 heteroatoms. The van der Waals surface area contributed by atoms with E-state index in [4.69, 9.17) is 4.52 Å². The van der Waals surface area contributed by atoms with Crippen molar-refractivity contribution >= 4 is 17.2 Å². The number of likely N-dealkylation sites (N-methyl/N-ethyl adjacent to an activating group) is 1. The van der Waals surface area contributed by atoms with Crippen molar-refractivity contribution in [3.8, 4) is 10.6 Å². The maximum Gasteiger partial charge on any atom is 0.236 e. The molecule has 118 valence electrons. The van der Waals surface area contributed by atoms with Crippen LogP contribution in [-0.2, 0) is 11.3 Å². The third-order valence-electron chi connectivity index (χ3n) is 3.63. The molecule has 3 heterocycles. The summed E-state index contributed by atoms with van der Waals surface area (Å²) in [5.74, 6) is 0.956. The van der Waals surface area contributed by atoms with Gasteiger partial charge in [-0.05, 0) is 18.5 Å². The molecule has 1 fully saturated rings. The zero-order chi connectivity index (χ0) is 15.4. The molecule has 2 aromatic heterocycles. The van der Waals surface area contributed by atoms with Crippen LogP contribution in [-0.4, -0.2) is 60.6 Å². The Kier molecular flexibility index (Phi) is 4.87. The third kappa shape index (κ3) is 3.73. The first kappa shape index (κ1) is 15.2. The zero-order valence-electron chi connectivity index (χ0n) is 12.6. The Morgan fingerprint density at radius 2 is 2.32 bits per heavy atom. The Labute approximate surface area is 133 Å². The Bertz CT molecular complexity index is 605. The number of amides is 1. The highest BCUT2D eigenvalue weighted by atomic mass is 32.1. The minimum Gasteiger partial charge on any atom is -0.355 e. The van der Waals surface area contributed by atoms with Crippen molar-refractivity contribution in [3.63, 3.8) is 0 Å². The second kappa shape index (κ2) is 7.04. The van der Waals surface area contributed by atoms with Gasteiger partial charge in [0.25, 0.3) is 0 Å². The first-order valence-electron chi connectivity index (χ1n) is 7.39. The van der Waals surface area contributed by atoms with Crippen LogP contribution in [0.3, 0.4) is 0 Å². The van der Waals surface area contributed by atoms with E-state index in [1.165, 1.54) is 0 Å². The summed E-state index contributed by atoms with van der Waals surface area (Å²) in [6, 6.07) is 5.94. The first-order valence-corrected chi connectivity index (χ1v) is 8.27. The Morgan fingerprint density at radius 3 is 3.05 bits per heavy atom. The molecule has 0 saturated carbocycles. The molecule has 0 spiro atoms. The van der Waals surface area contributed by atoms with Crippen molar-refractivity contribution in [2.45, 2.75) is 6.54 Å². The predicted octanol–water partition coefficient (Wildman–Crippen LogP) is 1.27. The van der Waals surface area contributed by atoms with Crippen LogP contribution >= 0.6 is 11.3 Å². The second-order valence-corrected chi connectivity index (χ2v) is 6.41. The minimum absolute atomic E-state index is 0.172. The smallest absolute Gasteiger partial charge is 0.236 e. The van der Waals surface area contributed by atoms with Gasteiger partial charge in [0, 0.05) is 38.8 Å². The van der Waals surface area contributed by atoms with Crippen LogP contribution in [0.15, 0.2) is 28.1 Å². The number of carbonyl (C=O) groups excluding carboxylic acids is 1. The fourth-order valence-electron chi connectivity index (χ4n) is 2.50. The monoisotopic (exact) mass is 320 g/mol. The molecule has 0 atom stereocenters. The van der Waals surface area contributed by atoms with Gasteiger partial charge in [0.05, 0.1) is 17.1 Å². The van der Waals surface area contributed by atoms with Gasteiger partial charge in [-0.3, -0.25) is 9.69 Å². The fourth-order valence-corrected chi connectivity index (χ4v) is 3.17. The van der Waals surface area contributed by atoms with Gasteiger partial charge in [0.15, 0.2) is 5.76 Å². The number of piperazine rings is 1. The largest absolute Gasteiger partial charge is 0.355 e. The van der Waals surface area contributed by atoms with E-state index in [1.54, 1.807) is 11.3 Å². The van der Waals surface area contributed by atoms with Gasteiger partial charge in [-0.15, -0.1) is 11.3 Å². The number of nitrogens with one attached hydrogen (secondary N) is 1. The van der Waals surface area contributed by atoms with E-state index >= 15 is 0 Å². The lowest BCUT2D eigenvalue weighted by Crippen LogP contribution is -2.49. The summed E-state index contributed by atoms with van der Waals surface area (Å²) in [4.78, 5) is 17.2. The fraction of sp³-hybridized carbons (Fsp3) is 0.467. The van der Waals surface area contributed by atoms with Crippen LogP contribution in [0.5, 0.6) is 0 Å². The van der Waals surface area contributed by atoms with Crippen molar-refractivity contribution in [2.24, 2.45) is 0 Å². The number of aromatic nitrogens is 1. The number of hydrogen-bond acceptors (Lipinski definition) is 6. The van der Waals surface area contributed by atoms with Crippen LogP contribution in [0, 0.1) is 0 Å². The van der Waals surface area contributed by atoms with Gasteiger partial charge in [-0.25, -0.2) is 0 Å². The lowest BCUT2D eigenvalue weighted by Gasteiger charge is -2.29. The summed E-state index contributed by atoms with van der Waals surface area (Å²) in [6.45, 7) is 4.35. The highest BCUT2D eigenvalue weighted by Crippen LogP contribution is 2.25. The van der Waals surface area contributed by atoms with Gasteiger partial charge in [0.2, 0.25) is 5.91 Å². The van der Waals surface area contributed by atoms with E-state index in [-0.39, 0.29) is 5.91 Å². The molecule has 0 aromatic carbocycles. The summed E-state index contributed by atoms with van der Waals surface area (Å²) in [6.07, 6.45) is 0. The third-order valence-corrected chi connectivity index (χ3v) is 4.51. The average Bonchev–Trinajstić information content (AvgIpc) is 3.19. The maximum absolute atomic E-state index is 12.2. The van der Waals surface area contributed by atoms with E-state index in [0.29, 0.717) is 13.1 Å². The number of rotatable bonds is 5. The van der Waals surface area contributed by atoms with Crippen LogP contribution in [0.1, 0.15) is 5.69 Å². The molecule has 1 N–H and O–H groups in total. The molecule has 3 rings (SSSR count). The molecule has 1 aliphatic heterocycles. The van der Waals surface area contributed by atoms with Gasteiger partial charge in [0.1, 0.15) is 0 Å². The van der Waals surface area contributed by atoms with E-state index in [2.05, 4.69) is 10.5 Å². The van der Waals surface area contributed by atoms with Crippen molar-refractivity contribution in [3.05, 3.63) is 29.3 Å². The lowest BCUT2D eigenvalue weighted by atomic mass is 10.3. The highest BCUT2D eigenvalue weighted by Gasteiger charge is 2.18. The lowest BCUT2D eigenvalue weighted by molar-refractivity contribution is -0.132. The number of carbonyl (C=O) groups is 1. The molecule has 22 heavy (non-hydrogen) atoms. The summed E-state index contributed by atoms with van der Waals surface area (Å²) >= 11 is 1.62.